The van der Waals surface area contributed by atoms with E-state index in [0.717, 1.165) is 6.42 Å². The normalized spacial score (nSPS) is 17.7. The minimum Gasteiger partial charge on any atom is -0.384 e. The molecule has 0 aromatic rings. The molecule has 6 nitrogen and oxygen atoms in total. The van der Waals surface area contributed by atoms with Crippen molar-refractivity contribution in [2.75, 3.05) is 27.1 Å². The van der Waals surface area contributed by atoms with Crippen LogP contribution in [-0.4, -0.2) is 31.9 Å². The average Bonchev–Trinajstić information content (AvgIpc) is 2.12. The molecule has 0 saturated heterocycles. The van der Waals surface area contributed by atoms with Crippen molar-refractivity contribution in [2.24, 2.45) is 5.92 Å². The zero-order valence-electron chi connectivity index (χ0n) is 8.64. The smallest absolute Gasteiger partial charge is 0.384 e. The first kappa shape index (κ1) is 14.0. The van der Waals surface area contributed by atoms with Crippen molar-refractivity contribution in [3.8, 4) is 0 Å². The van der Waals surface area contributed by atoms with E-state index in [1.54, 1.807) is 7.11 Å². The highest BCUT2D eigenvalue weighted by molar-refractivity contribution is 7.47. The third kappa shape index (κ3) is 6.48. The minimum absolute atomic E-state index is 0.0884. The van der Waals surface area contributed by atoms with Gasteiger partial charge in [-0.15, -0.1) is 0 Å². The Kier molecular flexibility index (Phi) is 7.35. The molecule has 2 atom stereocenters. The lowest BCUT2D eigenvalue weighted by atomic mass is 10.1. The lowest BCUT2D eigenvalue weighted by Gasteiger charge is -2.15. The van der Waals surface area contributed by atoms with Crippen LogP contribution in [0, 0.1) is 5.92 Å². The van der Waals surface area contributed by atoms with Crippen LogP contribution in [0.15, 0.2) is 0 Å². The van der Waals surface area contributed by atoms with E-state index in [1.165, 1.54) is 0 Å². The summed E-state index contributed by atoms with van der Waals surface area (Å²) in [6.45, 7) is 2.52. The van der Waals surface area contributed by atoms with Gasteiger partial charge < -0.3 is 15.4 Å². The molecule has 7 heteroatoms. The Labute approximate surface area is 84.0 Å². The van der Waals surface area contributed by atoms with E-state index in [1.807, 2.05) is 6.92 Å². The van der Waals surface area contributed by atoms with Gasteiger partial charge in [-0.05, 0) is 6.42 Å². The summed E-state index contributed by atoms with van der Waals surface area (Å²) in [7, 11) is -2.32. The maximum Gasteiger partial charge on any atom is 0.476 e. The molecule has 4 N–H and O–H groups in total. The molecule has 0 fully saturated rings. The number of ether oxygens (including phenoxy) is 1. The lowest BCUT2D eigenvalue weighted by Crippen LogP contribution is -2.51. The SMILES string of the molecule is CCC(COC)COP(=O)(O)OC[NH3+]. The first-order valence-corrected chi connectivity index (χ1v) is 5.95. The van der Waals surface area contributed by atoms with Crippen LogP contribution in [0.25, 0.3) is 0 Å². The first-order chi connectivity index (χ1) is 6.55. The van der Waals surface area contributed by atoms with Crippen molar-refractivity contribution in [3.63, 3.8) is 0 Å². The fourth-order valence-corrected chi connectivity index (χ4v) is 1.58. The summed E-state index contributed by atoms with van der Waals surface area (Å²) < 4.78 is 25.2. The molecule has 0 saturated carbocycles. The molecule has 2 unspecified atom stereocenters. The summed E-state index contributed by atoms with van der Waals surface area (Å²) in [5, 5.41) is 0. The Morgan fingerprint density at radius 2 is 2.07 bits per heavy atom. The summed E-state index contributed by atoms with van der Waals surface area (Å²) in [4.78, 5) is 9.06. The highest BCUT2D eigenvalue weighted by Gasteiger charge is 2.22. The molecule has 0 radical (unpaired) electrons. The largest absolute Gasteiger partial charge is 0.476 e. The van der Waals surface area contributed by atoms with Crippen molar-refractivity contribution in [2.45, 2.75) is 13.3 Å². The second-order valence-electron chi connectivity index (χ2n) is 2.83. The average molecular weight is 228 g/mol. The Balaban J connectivity index is 3.83. The van der Waals surface area contributed by atoms with Gasteiger partial charge in [0, 0.05) is 13.0 Å². The van der Waals surface area contributed by atoms with Crippen LogP contribution in [0.2, 0.25) is 0 Å². The quantitative estimate of drug-likeness (QED) is 0.450. The van der Waals surface area contributed by atoms with E-state index in [4.69, 9.17) is 14.2 Å². The molecular weight excluding hydrogens is 209 g/mol. The van der Waals surface area contributed by atoms with E-state index < -0.39 is 7.82 Å². The van der Waals surface area contributed by atoms with Gasteiger partial charge in [0.05, 0.1) is 13.2 Å². The topological polar surface area (TPSA) is 92.6 Å². The van der Waals surface area contributed by atoms with Crippen molar-refractivity contribution in [1.29, 1.82) is 0 Å². The zero-order valence-corrected chi connectivity index (χ0v) is 9.53. The molecule has 0 amide bonds. The lowest BCUT2D eigenvalue weighted by molar-refractivity contribution is -0.415. The fraction of sp³-hybridized carbons (Fsp3) is 1.00. The molecule has 0 aliphatic heterocycles. The van der Waals surface area contributed by atoms with E-state index in [2.05, 4.69) is 10.3 Å². The summed E-state index contributed by atoms with van der Waals surface area (Å²) >= 11 is 0. The molecule has 0 spiro atoms. The second kappa shape index (κ2) is 7.34. The van der Waals surface area contributed by atoms with Gasteiger partial charge in [-0.1, -0.05) is 6.92 Å². The molecule has 14 heavy (non-hydrogen) atoms. The van der Waals surface area contributed by atoms with Gasteiger partial charge in [-0.3, -0.25) is 4.52 Å². The monoisotopic (exact) mass is 228 g/mol. The van der Waals surface area contributed by atoms with Crippen LogP contribution in [0.1, 0.15) is 13.3 Å². The summed E-state index contributed by atoms with van der Waals surface area (Å²) in [5.74, 6) is 0.105. The van der Waals surface area contributed by atoms with Gasteiger partial charge in [-0.25, -0.2) is 9.09 Å². The number of hydrogen-bond donors (Lipinski definition) is 2. The third-order valence-corrected chi connectivity index (χ3v) is 2.69. The predicted octanol–water partition coefficient (Wildman–Crippen LogP) is -0.00800. The molecule has 0 aromatic heterocycles. The van der Waals surface area contributed by atoms with E-state index in [-0.39, 0.29) is 19.3 Å². The van der Waals surface area contributed by atoms with Gasteiger partial charge in [0.15, 0.2) is 6.73 Å². The van der Waals surface area contributed by atoms with E-state index >= 15 is 0 Å². The summed E-state index contributed by atoms with van der Waals surface area (Å²) in [6.07, 6.45) is 0.818. The van der Waals surface area contributed by atoms with Crippen LogP contribution in [0.5, 0.6) is 0 Å². The molecule has 86 valence electrons. The minimum atomic E-state index is -3.90. The molecule has 0 heterocycles. The van der Waals surface area contributed by atoms with Crippen LogP contribution in [0.4, 0.5) is 0 Å². The molecule has 0 rings (SSSR count). The van der Waals surface area contributed by atoms with Crippen LogP contribution < -0.4 is 5.73 Å². The number of quaternary nitrogens is 1. The van der Waals surface area contributed by atoms with Crippen molar-refractivity contribution >= 4 is 7.82 Å². The van der Waals surface area contributed by atoms with Gasteiger partial charge >= 0.3 is 7.82 Å². The van der Waals surface area contributed by atoms with Crippen LogP contribution >= 0.6 is 7.82 Å². The third-order valence-electron chi connectivity index (χ3n) is 1.71. The second-order valence-corrected chi connectivity index (χ2v) is 4.28. The van der Waals surface area contributed by atoms with Crippen LogP contribution in [-0.2, 0) is 18.3 Å². The maximum absolute atomic E-state index is 11.1. The van der Waals surface area contributed by atoms with Crippen molar-refractivity contribution in [1.82, 2.24) is 0 Å². The molecule has 0 bridgehead atoms. The Morgan fingerprint density at radius 1 is 1.43 bits per heavy atom. The highest BCUT2D eigenvalue weighted by atomic mass is 31.2. The summed E-state index contributed by atoms with van der Waals surface area (Å²) in [6, 6.07) is 0. The van der Waals surface area contributed by atoms with Crippen molar-refractivity contribution < 1.29 is 29.0 Å². The van der Waals surface area contributed by atoms with Crippen molar-refractivity contribution in [3.05, 3.63) is 0 Å². The molecule has 0 aromatic carbocycles. The molecule has 0 aliphatic carbocycles. The molecule has 0 aliphatic rings. The van der Waals surface area contributed by atoms with Gasteiger partial charge in [-0.2, -0.15) is 0 Å². The van der Waals surface area contributed by atoms with E-state index in [9.17, 15) is 4.57 Å². The highest BCUT2D eigenvalue weighted by Crippen LogP contribution is 2.42. The van der Waals surface area contributed by atoms with Crippen LogP contribution in [0.3, 0.4) is 0 Å². The Hall–Kier alpha value is 0.0300. The Morgan fingerprint density at radius 3 is 2.50 bits per heavy atom. The summed E-state index contributed by atoms with van der Waals surface area (Å²) in [5.41, 5.74) is 3.30. The number of rotatable bonds is 8. The van der Waals surface area contributed by atoms with Gasteiger partial charge in [0.1, 0.15) is 0 Å². The van der Waals surface area contributed by atoms with E-state index in [0.29, 0.717) is 6.61 Å². The predicted molar refractivity (Wildman–Crippen MR) is 50.3 cm³/mol. The zero-order chi connectivity index (χ0) is 11.0. The number of methoxy groups -OCH3 is 1. The number of hydrogen-bond acceptors (Lipinski definition) is 4. The first-order valence-electron chi connectivity index (χ1n) is 4.45. The van der Waals surface area contributed by atoms with Gasteiger partial charge in [0.25, 0.3) is 0 Å². The standard InChI is InChI=1S/C7H18NO5P/c1-3-7(4-11-2)5-12-14(9,10)13-6-8/h7H,3-6,8H2,1-2H3,(H,9,10)/p+1. The Bertz CT molecular complexity index is 189. The number of phosphoric ester groups is 1. The maximum atomic E-state index is 11.1. The number of phosphoric acid groups is 1. The van der Waals surface area contributed by atoms with Gasteiger partial charge in [0.2, 0.25) is 0 Å². The fourth-order valence-electron chi connectivity index (χ4n) is 0.872. The molecular formula is C7H19NO5P+.